The van der Waals surface area contributed by atoms with E-state index >= 15 is 0 Å². The fourth-order valence-corrected chi connectivity index (χ4v) is 3.33. The molecule has 0 saturated carbocycles. The molecule has 3 rings (SSSR count). The highest BCUT2D eigenvalue weighted by Gasteiger charge is 2.20. The molecule has 0 N–H and O–H groups in total. The number of hydrogen-bond donors (Lipinski definition) is 0. The maximum atomic E-state index is 6.34. The van der Waals surface area contributed by atoms with E-state index in [2.05, 4.69) is 26.1 Å². The molecule has 0 aliphatic rings. The van der Waals surface area contributed by atoms with Crippen LogP contribution in [0.3, 0.4) is 0 Å². The van der Waals surface area contributed by atoms with Gasteiger partial charge in [0.05, 0.1) is 0 Å². The van der Waals surface area contributed by atoms with Crippen LogP contribution in [0.1, 0.15) is 16.8 Å². The molecule has 0 radical (unpaired) electrons. The molecule has 1 atom stereocenters. The lowest BCUT2D eigenvalue weighted by Crippen LogP contribution is -1.92. The highest BCUT2D eigenvalue weighted by atomic mass is 79.9. The van der Waals surface area contributed by atoms with Crippen LogP contribution >= 0.6 is 38.9 Å². The van der Waals surface area contributed by atoms with Crippen LogP contribution in [0.5, 0.6) is 0 Å². The third-order valence-electron chi connectivity index (χ3n) is 2.56. The standard InChI is InChI=1S/C13H8BrClN2OS/c14-9-6-7-19-11(9)13-17-16-12(18-13)10(15)8-4-2-1-3-5-8/h1-7,10H. The zero-order valence-corrected chi connectivity index (χ0v) is 12.7. The smallest absolute Gasteiger partial charge is 0.258 e. The predicted molar refractivity (Wildman–Crippen MR) is 79.4 cm³/mol. The van der Waals surface area contributed by atoms with Crippen molar-refractivity contribution in [2.75, 3.05) is 0 Å². The molecule has 19 heavy (non-hydrogen) atoms. The molecule has 96 valence electrons. The van der Waals surface area contributed by atoms with Crippen molar-refractivity contribution in [2.24, 2.45) is 0 Å². The Kier molecular flexibility index (Phi) is 3.68. The topological polar surface area (TPSA) is 38.9 Å². The summed E-state index contributed by atoms with van der Waals surface area (Å²) in [5.74, 6) is 0.890. The Labute approximate surface area is 127 Å². The normalized spacial score (nSPS) is 12.5. The van der Waals surface area contributed by atoms with Crippen LogP contribution in [0, 0.1) is 0 Å². The van der Waals surface area contributed by atoms with E-state index in [9.17, 15) is 0 Å². The number of hydrogen-bond acceptors (Lipinski definition) is 4. The van der Waals surface area contributed by atoms with Crippen LogP contribution in [0.4, 0.5) is 0 Å². The van der Waals surface area contributed by atoms with Crippen LogP contribution in [0.25, 0.3) is 10.8 Å². The molecule has 3 aromatic rings. The summed E-state index contributed by atoms with van der Waals surface area (Å²) in [5.41, 5.74) is 0.935. The summed E-state index contributed by atoms with van der Waals surface area (Å²) in [7, 11) is 0. The van der Waals surface area contributed by atoms with Crippen molar-refractivity contribution in [1.82, 2.24) is 10.2 Å². The number of halogens is 2. The lowest BCUT2D eigenvalue weighted by atomic mass is 10.1. The largest absolute Gasteiger partial charge is 0.418 e. The van der Waals surface area contributed by atoms with Crippen molar-refractivity contribution < 1.29 is 4.42 Å². The first-order valence-corrected chi connectivity index (χ1v) is 7.62. The zero-order valence-electron chi connectivity index (χ0n) is 9.59. The summed E-state index contributed by atoms with van der Waals surface area (Å²) in [4.78, 5) is 0.913. The summed E-state index contributed by atoms with van der Waals surface area (Å²) >= 11 is 11.3. The van der Waals surface area contributed by atoms with Gasteiger partial charge in [-0.05, 0) is 32.9 Å². The van der Waals surface area contributed by atoms with Gasteiger partial charge in [0.1, 0.15) is 10.3 Å². The van der Waals surface area contributed by atoms with Crippen molar-refractivity contribution in [3.63, 3.8) is 0 Å². The molecule has 6 heteroatoms. The Balaban J connectivity index is 1.92. The number of aromatic nitrogens is 2. The summed E-state index contributed by atoms with van der Waals surface area (Å²) < 4.78 is 6.59. The Morgan fingerprint density at radius 1 is 1.16 bits per heavy atom. The minimum atomic E-state index is -0.429. The molecule has 3 nitrogen and oxygen atoms in total. The second-order valence-corrected chi connectivity index (χ2v) is 6.02. The van der Waals surface area contributed by atoms with E-state index in [0.717, 1.165) is 14.9 Å². The number of rotatable bonds is 3. The van der Waals surface area contributed by atoms with Crippen LogP contribution in [0.2, 0.25) is 0 Å². The molecule has 0 fully saturated rings. The highest BCUT2D eigenvalue weighted by Crippen LogP contribution is 2.35. The first kappa shape index (κ1) is 12.8. The molecule has 2 heterocycles. The van der Waals surface area contributed by atoms with E-state index in [1.165, 1.54) is 11.3 Å². The second-order valence-electron chi connectivity index (χ2n) is 3.82. The van der Waals surface area contributed by atoms with Crippen molar-refractivity contribution in [3.05, 3.63) is 57.7 Å². The molecule has 0 spiro atoms. The van der Waals surface area contributed by atoms with Crippen molar-refractivity contribution in [3.8, 4) is 10.8 Å². The highest BCUT2D eigenvalue weighted by molar-refractivity contribution is 9.10. The van der Waals surface area contributed by atoms with E-state index < -0.39 is 5.38 Å². The molecule has 0 aliphatic heterocycles. The van der Waals surface area contributed by atoms with E-state index in [4.69, 9.17) is 16.0 Å². The summed E-state index contributed by atoms with van der Waals surface area (Å²) in [6, 6.07) is 11.6. The van der Waals surface area contributed by atoms with Gasteiger partial charge in [-0.25, -0.2) is 0 Å². The van der Waals surface area contributed by atoms with Gasteiger partial charge in [0.2, 0.25) is 5.89 Å². The third-order valence-corrected chi connectivity index (χ3v) is 4.83. The van der Waals surface area contributed by atoms with Gasteiger partial charge in [-0.1, -0.05) is 30.3 Å². The Bertz CT molecular complexity index is 683. The van der Waals surface area contributed by atoms with Crippen molar-refractivity contribution >= 4 is 38.9 Å². The first-order chi connectivity index (χ1) is 9.25. The van der Waals surface area contributed by atoms with Gasteiger partial charge < -0.3 is 4.42 Å². The predicted octanol–water partition coefficient (Wildman–Crippen LogP) is 4.89. The fraction of sp³-hybridized carbons (Fsp3) is 0.0769. The van der Waals surface area contributed by atoms with Crippen molar-refractivity contribution in [1.29, 1.82) is 0 Å². The van der Waals surface area contributed by atoms with Gasteiger partial charge in [-0.2, -0.15) is 0 Å². The van der Waals surface area contributed by atoms with Gasteiger partial charge in [-0.3, -0.25) is 0 Å². The molecule has 0 bridgehead atoms. The maximum absolute atomic E-state index is 6.34. The van der Waals surface area contributed by atoms with Gasteiger partial charge in [0.25, 0.3) is 5.89 Å². The first-order valence-electron chi connectivity index (χ1n) is 5.51. The molecular formula is C13H8BrClN2OS. The van der Waals surface area contributed by atoms with E-state index in [1.807, 2.05) is 41.8 Å². The number of nitrogens with zero attached hydrogens (tertiary/aromatic N) is 2. The van der Waals surface area contributed by atoms with Gasteiger partial charge >= 0.3 is 0 Å². The molecule has 1 aromatic carbocycles. The van der Waals surface area contributed by atoms with Gasteiger partial charge in [-0.15, -0.1) is 33.1 Å². The average Bonchev–Trinajstić information content (AvgIpc) is 3.07. The SMILES string of the molecule is ClC(c1ccccc1)c1nnc(-c2sccc2Br)o1. The maximum Gasteiger partial charge on any atom is 0.258 e. The molecule has 0 amide bonds. The molecule has 0 saturated heterocycles. The Hall–Kier alpha value is -1.17. The molecule has 2 aromatic heterocycles. The number of thiophene rings is 1. The number of benzene rings is 1. The van der Waals surface area contributed by atoms with E-state index in [1.54, 1.807) is 0 Å². The lowest BCUT2D eigenvalue weighted by molar-refractivity contribution is 0.514. The van der Waals surface area contributed by atoms with Crippen LogP contribution in [-0.4, -0.2) is 10.2 Å². The summed E-state index contributed by atoms with van der Waals surface area (Å²) in [5, 5.41) is 9.60. The average molecular weight is 356 g/mol. The second kappa shape index (κ2) is 5.45. The van der Waals surface area contributed by atoms with Crippen LogP contribution < -0.4 is 0 Å². The van der Waals surface area contributed by atoms with Crippen molar-refractivity contribution in [2.45, 2.75) is 5.38 Å². The van der Waals surface area contributed by atoms with Crippen LogP contribution in [-0.2, 0) is 0 Å². The molecular weight excluding hydrogens is 348 g/mol. The lowest BCUT2D eigenvalue weighted by Gasteiger charge is -2.03. The van der Waals surface area contributed by atoms with Crippen LogP contribution in [0.15, 0.2) is 50.7 Å². The molecule has 1 unspecified atom stereocenters. The zero-order chi connectivity index (χ0) is 13.2. The minimum Gasteiger partial charge on any atom is -0.418 e. The Morgan fingerprint density at radius 3 is 2.63 bits per heavy atom. The number of alkyl halides is 1. The van der Waals surface area contributed by atoms with E-state index in [-0.39, 0.29) is 0 Å². The fourth-order valence-electron chi connectivity index (χ4n) is 1.64. The quantitative estimate of drug-likeness (QED) is 0.628. The van der Waals surface area contributed by atoms with E-state index in [0.29, 0.717) is 11.8 Å². The van der Waals surface area contributed by atoms with Gasteiger partial charge in [0.15, 0.2) is 0 Å². The summed E-state index contributed by atoms with van der Waals surface area (Å²) in [6.07, 6.45) is 0. The van der Waals surface area contributed by atoms with Gasteiger partial charge in [0, 0.05) is 4.47 Å². The summed E-state index contributed by atoms with van der Waals surface area (Å²) in [6.45, 7) is 0. The monoisotopic (exact) mass is 354 g/mol. The Morgan fingerprint density at radius 2 is 1.95 bits per heavy atom. The minimum absolute atomic E-state index is 0.406. The molecule has 0 aliphatic carbocycles. The third kappa shape index (κ3) is 2.59.